The van der Waals surface area contributed by atoms with Crippen molar-refractivity contribution < 1.29 is 14.7 Å². The molecule has 0 radical (unpaired) electrons. The average molecular weight is 236 g/mol. The zero-order valence-corrected chi connectivity index (χ0v) is 9.64. The summed E-state index contributed by atoms with van der Waals surface area (Å²) in [6, 6.07) is 6.94. The van der Waals surface area contributed by atoms with Crippen LogP contribution >= 0.6 is 0 Å². The smallest absolute Gasteiger partial charge is 0.303 e. The van der Waals surface area contributed by atoms with Crippen LogP contribution in [0.4, 0.5) is 11.4 Å². The third kappa shape index (κ3) is 4.55. The summed E-state index contributed by atoms with van der Waals surface area (Å²) in [4.78, 5) is 22.0. The van der Waals surface area contributed by atoms with E-state index in [0.717, 1.165) is 0 Å². The number of aliphatic carboxylic acids is 1. The van der Waals surface area contributed by atoms with Crippen molar-refractivity contribution >= 4 is 23.3 Å². The molecule has 0 aliphatic carbocycles. The van der Waals surface area contributed by atoms with E-state index < -0.39 is 5.97 Å². The number of nitrogen functional groups attached to an aromatic ring is 1. The van der Waals surface area contributed by atoms with Gasteiger partial charge < -0.3 is 16.2 Å². The number of benzene rings is 1. The number of para-hydroxylation sites is 2. The molecule has 0 fully saturated rings. The summed E-state index contributed by atoms with van der Waals surface area (Å²) in [5, 5.41) is 11.2. The van der Waals surface area contributed by atoms with Crippen LogP contribution in [0.1, 0.15) is 19.8 Å². The van der Waals surface area contributed by atoms with Crippen LogP contribution in [0, 0.1) is 5.92 Å². The Morgan fingerprint density at radius 1 is 1.35 bits per heavy atom. The van der Waals surface area contributed by atoms with Crippen LogP contribution < -0.4 is 11.1 Å². The van der Waals surface area contributed by atoms with E-state index in [1.54, 1.807) is 31.2 Å². The maximum absolute atomic E-state index is 11.6. The third-order valence-electron chi connectivity index (χ3n) is 2.29. The van der Waals surface area contributed by atoms with E-state index in [-0.39, 0.29) is 24.7 Å². The second-order valence-corrected chi connectivity index (χ2v) is 4.04. The normalized spacial score (nSPS) is 11.8. The molecule has 0 saturated heterocycles. The lowest BCUT2D eigenvalue weighted by molar-refractivity contribution is -0.138. The molecule has 0 aliphatic rings. The van der Waals surface area contributed by atoms with Crippen molar-refractivity contribution in [1.29, 1.82) is 0 Å². The first kappa shape index (κ1) is 13.0. The number of nitrogens with two attached hydrogens (primary N) is 1. The zero-order chi connectivity index (χ0) is 12.8. The van der Waals surface area contributed by atoms with Gasteiger partial charge in [-0.05, 0) is 18.1 Å². The summed E-state index contributed by atoms with van der Waals surface area (Å²) in [6.07, 6.45) is 0.151. The number of carboxylic acid groups (broad SMARTS) is 1. The maximum Gasteiger partial charge on any atom is 0.303 e. The van der Waals surface area contributed by atoms with E-state index in [0.29, 0.717) is 11.4 Å². The number of carboxylic acids is 1. The fraction of sp³-hybridized carbons (Fsp3) is 0.333. The number of rotatable bonds is 5. The molecule has 0 aromatic heterocycles. The Labute approximate surface area is 99.6 Å². The minimum atomic E-state index is -0.899. The summed E-state index contributed by atoms with van der Waals surface area (Å²) in [5.74, 6) is -1.32. The van der Waals surface area contributed by atoms with E-state index in [4.69, 9.17) is 10.8 Å². The van der Waals surface area contributed by atoms with Gasteiger partial charge in [-0.25, -0.2) is 0 Å². The van der Waals surface area contributed by atoms with Crippen LogP contribution in [0.2, 0.25) is 0 Å². The first-order chi connectivity index (χ1) is 7.99. The fourth-order valence-electron chi connectivity index (χ4n) is 1.50. The molecule has 1 amide bonds. The van der Waals surface area contributed by atoms with Crippen LogP contribution in [-0.4, -0.2) is 17.0 Å². The van der Waals surface area contributed by atoms with Gasteiger partial charge in [0.05, 0.1) is 11.4 Å². The Kier molecular flexibility index (Phi) is 4.51. The Hall–Kier alpha value is -2.04. The van der Waals surface area contributed by atoms with Crippen molar-refractivity contribution in [2.45, 2.75) is 19.8 Å². The molecule has 4 N–H and O–H groups in total. The van der Waals surface area contributed by atoms with Gasteiger partial charge >= 0.3 is 5.97 Å². The van der Waals surface area contributed by atoms with Crippen molar-refractivity contribution in [2.24, 2.45) is 5.92 Å². The van der Waals surface area contributed by atoms with Gasteiger partial charge in [0.25, 0.3) is 0 Å². The summed E-state index contributed by atoms with van der Waals surface area (Å²) < 4.78 is 0. The topological polar surface area (TPSA) is 92.4 Å². The van der Waals surface area contributed by atoms with Crippen LogP contribution in [-0.2, 0) is 9.59 Å². The predicted octanol–water partition coefficient (Wildman–Crippen LogP) is 1.71. The number of carbonyl (C=O) groups is 2. The number of nitrogens with one attached hydrogen (secondary N) is 1. The number of carbonyl (C=O) groups excluding carboxylic acids is 1. The molecule has 0 spiro atoms. The molecular weight excluding hydrogens is 220 g/mol. The van der Waals surface area contributed by atoms with Crippen LogP contribution in [0.15, 0.2) is 24.3 Å². The monoisotopic (exact) mass is 236 g/mol. The van der Waals surface area contributed by atoms with Gasteiger partial charge in [0.15, 0.2) is 0 Å². The second kappa shape index (κ2) is 5.89. The Morgan fingerprint density at radius 2 is 2.00 bits per heavy atom. The van der Waals surface area contributed by atoms with Crippen LogP contribution in [0.3, 0.4) is 0 Å². The Balaban J connectivity index is 2.50. The van der Waals surface area contributed by atoms with Gasteiger partial charge in [-0.2, -0.15) is 0 Å². The van der Waals surface area contributed by atoms with E-state index >= 15 is 0 Å². The molecule has 5 heteroatoms. The summed E-state index contributed by atoms with van der Waals surface area (Å²) in [6.45, 7) is 1.72. The lowest BCUT2D eigenvalue weighted by Crippen LogP contribution is -2.17. The van der Waals surface area contributed by atoms with Crippen molar-refractivity contribution in [3.8, 4) is 0 Å². The molecule has 1 aromatic rings. The molecule has 1 unspecified atom stereocenters. The number of hydrogen-bond donors (Lipinski definition) is 3. The second-order valence-electron chi connectivity index (χ2n) is 4.04. The molecule has 0 saturated carbocycles. The van der Waals surface area contributed by atoms with Crippen molar-refractivity contribution in [1.82, 2.24) is 0 Å². The highest BCUT2D eigenvalue weighted by molar-refractivity contribution is 5.94. The number of amides is 1. The first-order valence-electron chi connectivity index (χ1n) is 5.35. The summed E-state index contributed by atoms with van der Waals surface area (Å²) >= 11 is 0. The number of hydrogen-bond acceptors (Lipinski definition) is 3. The average Bonchev–Trinajstić information content (AvgIpc) is 2.19. The first-order valence-corrected chi connectivity index (χ1v) is 5.35. The molecule has 1 aromatic carbocycles. The highest BCUT2D eigenvalue weighted by Crippen LogP contribution is 2.18. The molecule has 0 heterocycles. The fourth-order valence-corrected chi connectivity index (χ4v) is 1.50. The highest BCUT2D eigenvalue weighted by Gasteiger charge is 2.13. The summed E-state index contributed by atoms with van der Waals surface area (Å²) in [5.41, 5.74) is 6.72. The van der Waals surface area contributed by atoms with Gasteiger partial charge in [0.2, 0.25) is 5.91 Å². The SMILES string of the molecule is CC(CC(=O)O)CC(=O)Nc1ccccc1N. The van der Waals surface area contributed by atoms with Gasteiger partial charge in [-0.1, -0.05) is 19.1 Å². The standard InChI is InChI=1S/C12H16N2O3/c1-8(7-12(16)17)6-11(15)14-10-5-3-2-4-9(10)13/h2-5,8H,6-7,13H2,1H3,(H,14,15)(H,16,17). The lowest BCUT2D eigenvalue weighted by Gasteiger charge is -2.10. The highest BCUT2D eigenvalue weighted by atomic mass is 16.4. The number of anilines is 2. The Morgan fingerprint density at radius 3 is 2.59 bits per heavy atom. The molecule has 17 heavy (non-hydrogen) atoms. The van der Waals surface area contributed by atoms with Crippen LogP contribution in [0.25, 0.3) is 0 Å². The summed E-state index contributed by atoms with van der Waals surface area (Å²) in [7, 11) is 0. The molecule has 1 rings (SSSR count). The third-order valence-corrected chi connectivity index (χ3v) is 2.29. The van der Waals surface area contributed by atoms with E-state index in [2.05, 4.69) is 5.32 Å². The van der Waals surface area contributed by atoms with Gasteiger partial charge in [-0.15, -0.1) is 0 Å². The van der Waals surface area contributed by atoms with Gasteiger partial charge in [-0.3, -0.25) is 9.59 Å². The van der Waals surface area contributed by atoms with E-state index in [1.807, 2.05) is 0 Å². The van der Waals surface area contributed by atoms with E-state index in [9.17, 15) is 9.59 Å². The minimum absolute atomic E-state index is 0.0162. The Bertz CT molecular complexity index is 418. The van der Waals surface area contributed by atoms with Gasteiger partial charge in [0, 0.05) is 12.8 Å². The lowest BCUT2D eigenvalue weighted by atomic mass is 10.0. The quantitative estimate of drug-likeness (QED) is 0.678. The van der Waals surface area contributed by atoms with Gasteiger partial charge in [0.1, 0.15) is 0 Å². The van der Waals surface area contributed by atoms with Crippen molar-refractivity contribution in [3.05, 3.63) is 24.3 Å². The minimum Gasteiger partial charge on any atom is -0.481 e. The molecule has 5 nitrogen and oxygen atoms in total. The molecular formula is C12H16N2O3. The molecule has 0 aliphatic heterocycles. The molecule has 92 valence electrons. The predicted molar refractivity (Wildman–Crippen MR) is 65.5 cm³/mol. The van der Waals surface area contributed by atoms with E-state index in [1.165, 1.54) is 0 Å². The molecule has 1 atom stereocenters. The zero-order valence-electron chi connectivity index (χ0n) is 9.64. The van der Waals surface area contributed by atoms with Crippen molar-refractivity contribution in [3.63, 3.8) is 0 Å². The largest absolute Gasteiger partial charge is 0.481 e. The molecule has 0 bridgehead atoms. The maximum atomic E-state index is 11.6. The van der Waals surface area contributed by atoms with Crippen molar-refractivity contribution in [2.75, 3.05) is 11.1 Å². The van der Waals surface area contributed by atoms with Crippen LogP contribution in [0.5, 0.6) is 0 Å².